The number of nitrogens with zero attached hydrogens (tertiary/aromatic N) is 5. The van der Waals surface area contributed by atoms with Crippen LogP contribution in [0.2, 0.25) is 0 Å². The standard InChI is InChI=1S/C31H33N7O3/c1-18(2)33-17-23(15-32)19-6-8-20(9-7-19)29-27-25(37-38(29)3)13-11-22-16-34-31(36-28(22)27)35-24-12-10-21(30(39)41-5)14-26(24)40-4/h6-10,12,14-18,23,32H,11,13H2,1-5H3,(H,34,35,36). The first-order valence-corrected chi connectivity index (χ1v) is 13.4. The molecule has 5 rings (SSSR count). The van der Waals surface area contributed by atoms with Crippen molar-refractivity contribution in [2.75, 3.05) is 19.5 Å². The molecular weight excluding hydrogens is 518 g/mol. The van der Waals surface area contributed by atoms with Crippen molar-refractivity contribution in [1.29, 1.82) is 5.41 Å². The van der Waals surface area contributed by atoms with Gasteiger partial charge in [-0.1, -0.05) is 24.3 Å². The second-order valence-corrected chi connectivity index (χ2v) is 10.1. The van der Waals surface area contributed by atoms with Crippen LogP contribution in [0.1, 0.15) is 46.9 Å². The molecule has 0 radical (unpaired) electrons. The second kappa shape index (κ2) is 11.7. The number of nitrogens with one attached hydrogen (secondary N) is 2. The molecule has 1 aliphatic carbocycles. The van der Waals surface area contributed by atoms with Gasteiger partial charge in [0.25, 0.3) is 0 Å². The minimum absolute atomic E-state index is 0.173. The SMILES string of the molecule is COC(=O)c1ccc(Nc2ncc3c(n2)-c2c(nn(C)c2-c2ccc(C(C=N)C=NC(C)C)cc2)CC3)c(OC)c1. The van der Waals surface area contributed by atoms with Gasteiger partial charge in [-0.3, -0.25) is 9.67 Å². The van der Waals surface area contributed by atoms with Gasteiger partial charge in [-0.25, -0.2) is 14.8 Å². The van der Waals surface area contributed by atoms with Crippen LogP contribution in [-0.2, 0) is 24.6 Å². The van der Waals surface area contributed by atoms with Gasteiger partial charge in [-0.15, -0.1) is 0 Å². The third-order valence-electron chi connectivity index (χ3n) is 7.01. The number of rotatable bonds is 9. The molecule has 1 unspecified atom stereocenters. The first-order chi connectivity index (χ1) is 19.8. The number of aliphatic imine (C=N–C) groups is 1. The predicted molar refractivity (Wildman–Crippen MR) is 160 cm³/mol. The van der Waals surface area contributed by atoms with E-state index in [0.29, 0.717) is 22.9 Å². The summed E-state index contributed by atoms with van der Waals surface area (Å²) in [6.45, 7) is 4.04. The van der Waals surface area contributed by atoms with E-state index in [1.165, 1.54) is 20.4 Å². The number of fused-ring (bicyclic) bond motifs is 3. The Kier molecular flexibility index (Phi) is 7.91. The molecule has 2 heterocycles. The third kappa shape index (κ3) is 5.58. The fourth-order valence-corrected chi connectivity index (χ4v) is 4.97. The zero-order chi connectivity index (χ0) is 29.1. The van der Waals surface area contributed by atoms with Gasteiger partial charge in [0.05, 0.1) is 48.5 Å². The highest BCUT2D eigenvalue weighted by molar-refractivity contribution is 5.91. The lowest BCUT2D eigenvalue weighted by Gasteiger charge is -2.18. The van der Waals surface area contributed by atoms with Crippen LogP contribution >= 0.6 is 0 Å². The predicted octanol–water partition coefficient (Wildman–Crippen LogP) is 5.39. The largest absolute Gasteiger partial charge is 0.495 e. The third-order valence-corrected chi connectivity index (χ3v) is 7.01. The number of benzene rings is 2. The zero-order valence-corrected chi connectivity index (χ0v) is 23.8. The molecule has 0 aliphatic heterocycles. The number of esters is 1. The van der Waals surface area contributed by atoms with Gasteiger partial charge in [0, 0.05) is 42.8 Å². The number of ether oxygens (including phenoxy) is 2. The van der Waals surface area contributed by atoms with Crippen molar-refractivity contribution in [3.8, 4) is 28.3 Å². The highest BCUT2D eigenvalue weighted by Crippen LogP contribution is 2.40. The average Bonchev–Trinajstić information content (AvgIpc) is 3.33. The molecule has 0 fully saturated rings. The fraction of sp³-hybridized carbons (Fsp3) is 0.290. The number of methoxy groups -OCH3 is 2. The summed E-state index contributed by atoms with van der Waals surface area (Å²) < 4.78 is 12.2. The summed E-state index contributed by atoms with van der Waals surface area (Å²) >= 11 is 0. The van der Waals surface area contributed by atoms with E-state index in [4.69, 9.17) is 25.0 Å². The van der Waals surface area contributed by atoms with Gasteiger partial charge in [0.1, 0.15) is 5.75 Å². The summed E-state index contributed by atoms with van der Waals surface area (Å²) in [5.41, 5.74) is 7.87. The Morgan fingerprint density at radius 3 is 2.61 bits per heavy atom. The number of hydrogen-bond acceptors (Lipinski definition) is 9. The monoisotopic (exact) mass is 551 g/mol. The number of anilines is 2. The first-order valence-electron chi connectivity index (χ1n) is 13.4. The van der Waals surface area contributed by atoms with Crippen molar-refractivity contribution in [2.24, 2.45) is 12.0 Å². The zero-order valence-electron chi connectivity index (χ0n) is 23.8. The Labute approximate surface area is 239 Å². The minimum atomic E-state index is -0.443. The quantitative estimate of drug-likeness (QED) is 0.211. The van der Waals surface area contributed by atoms with Crippen LogP contribution in [0.3, 0.4) is 0 Å². The maximum absolute atomic E-state index is 12.0. The summed E-state index contributed by atoms with van der Waals surface area (Å²) in [7, 11) is 4.83. The van der Waals surface area contributed by atoms with Crippen molar-refractivity contribution in [3.63, 3.8) is 0 Å². The van der Waals surface area contributed by atoms with Gasteiger partial charge in [-0.2, -0.15) is 5.10 Å². The van der Waals surface area contributed by atoms with Crippen molar-refractivity contribution in [1.82, 2.24) is 19.7 Å². The maximum atomic E-state index is 12.0. The molecule has 0 saturated carbocycles. The average molecular weight is 552 g/mol. The van der Waals surface area contributed by atoms with Crippen LogP contribution in [0.15, 0.2) is 53.7 Å². The summed E-state index contributed by atoms with van der Waals surface area (Å²) in [5, 5.41) is 15.9. The smallest absolute Gasteiger partial charge is 0.337 e. The Balaban J connectivity index is 1.50. The molecule has 1 atom stereocenters. The molecule has 4 aromatic rings. The van der Waals surface area contributed by atoms with Crippen LogP contribution in [0, 0.1) is 5.41 Å². The molecule has 41 heavy (non-hydrogen) atoms. The summed E-state index contributed by atoms with van der Waals surface area (Å²) in [5.74, 6) is 0.261. The normalized spacial score (nSPS) is 13.0. The van der Waals surface area contributed by atoms with Crippen LogP contribution in [0.5, 0.6) is 5.75 Å². The molecular formula is C31H33N7O3. The van der Waals surface area contributed by atoms with Crippen LogP contribution < -0.4 is 10.1 Å². The Morgan fingerprint density at radius 1 is 1.15 bits per heavy atom. The van der Waals surface area contributed by atoms with E-state index in [1.807, 2.05) is 50.1 Å². The molecule has 0 saturated heterocycles. The number of aromatic nitrogens is 4. The highest BCUT2D eigenvalue weighted by Gasteiger charge is 2.27. The van der Waals surface area contributed by atoms with Gasteiger partial charge in [0.2, 0.25) is 5.95 Å². The topological polar surface area (TPSA) is 127 Å². The second-order valence-electron chi connectivity index (χ2n) is 10.1. The van der Waals surface area contributed by atoms with Crippen molar-refractivity contribution >= 4 is 30.0 Å². The first kappa shape index (κ1) is 27.7. The molecule has 2 aromatic heterocycles. The molecule has 0 spiro atoms. The fourth-order valence-electron chi connectivity index (χ4n) is 4.97. The van der Waals surface area contributed by atoms with E-state index >= 15 is 0 Å². The van der Waals surface area contributed by atoms with Crippen LogP contribution in [0.4, 0.5) is 11.6 Å². The number of hydrogen-bond donors (Lipinski definition) is 2. The van der Waals surface area contributed by atoms with Crippen molar-refractivity contribution in [3.05, 3.63) is 71.0 Å². The maximum Gasteiger partial charge on any atom is 0.337 e. The number of aryl methyl sites for hydroxylation is 3. The molecule has 10 heteroatoms. The summed E-state index contributed by atoms with van der Waals surface area (Å²) in [6, 6.07) is 13.4. The van der Waals surface area contributed by atoms with E-state index < -0.39 is 5.97 Å². The van der Waals surface area contributed by atoms with E-state index in [-0.39, 0.29) is 12.0 Å². The Morgan fingerprint density at radius 2 is 1.93 bits per heavy atom. The lowest BCUT2D eigenvalue weighted by atomic mass is 9.91. The molecule has 10 nitrogen and oxygen atoms in total. The highest BCUT2D eigenvalue weighted by atomic mass is 16.5. The van der Waals surface area contributed by atoms with E-state index in [2.05, 4.69) is 27.4 Å². The van der Waals surface area contributed by atoms with Gasteiger partial charge in [-0.05, 0) is 56.0 Å². The summed E-state index contributed by atoms with van der Waals surface area (Å²) in [6.07, 6.45) is 6.69. The van der Waals surface area contributed by atoms with E-state index in [0.717, 1.165) is 52.2 Å². The molecule has 2 aromatic carbocycles. The minimum Gasteiger partial charge on any atom is -0.495 e. The lowest BCUT2D eigenvalue weighted by Crippen LogP contribution is -2.09. The summed E-state index contributed by atoms with van der Waals surface area (Å²) in [4.78, 5) is 25.9. The lowest BCUT2D eigenvalue weighted by molar-refractivity contribution is 0.0600. The van der Waals surface area contributed by atoms with Crippen LogP contribution in [0.25, 0.3) is 22.5 Å². The van der Waals surface area contributed by atoms with E-state index in [9.17, 15) is 4.79 Å². The van der Waals surface area contributed by atoms with Crippen molar-refractivity contribution < 1.29 is 14.3 Å². The Bertz CT molecular complexity index is 1620. The number of carbonyl (C=O) groups is 1. The van der Waals surface area contributed by atoms with Gasteiger partial charge in [0.15, 0.2) is 0 Å². The molecule has 1 aliphatic rings. The van der Waals surface area contributed by atoms with Crippen molar-refractivity contribution in [2.45, 2.75) is 38.6 Å². The van der Waals surface area contributed by atoms with Gasteiger partial charge < -0.3 is 20.2 Å². The van der Waals surface area contributed by atoms with Crippen LogP contribution in [-0.4, -0.2) is 58.4 Å². The molecule has 2 N–H and O–H groups in total. The van der Waals surface area contributed by atoms with E-state index in [1.54, 1.807) is 18.2 Å². The molecule has 0 bridgehead atoms. The number of carbonyl (C=O) groups excluding carboxylic acids is 1. The molecule has 210 valence electrons. The Hall–Kier alpha value is -4.86. The molecule has 0 amide bonds. The van der Waals surface area contributed by atoms with Gasteiger partial charge >= 0.3 is 5.97 Å².